The number of carbonyl (C=O) groups excluding carboxylic acids is 1. The SMILES string of the molecule is O=CCc1cc(Cl)c2cccnc2c1-c1cccc(F)c1. The molecule has 21 heavy (non-hydrogen) atoms. The molecule has 104 valence electrons. The van der Waals surface area contributed by atoms with Gasteiger partial charge in [-0.2, -0.15) is 0 Å². The highest BCUT2D eigenvalue weighted by Gasteiger charge is 2.14. The van der Waals surface area contributed by atoms with Crippen LogP contribution in [0, 0.1) is 5.82 Å². The number of hydrogen-bond acceptors (Lipinski definition) is 2. The van der Waals surface area contributed by atoms with Gasteiger partial charge in [-0.25, -0.2) is 4.39 Å². The zero-order valence-electron chi connectivity index (χ0n) is 11.0. The van der Waals surface area contributed by atoms with Gasteiger partial charge in [-0.3, -0.25) is 4.98 Å². The standard InChI is InChI=1S/C17H11ClFNO/c18-15-10-12(6-8-21)16(11-3-1-4-13(19)9-11)17-14(15)5-2-7-20-17/h1-5,7-10H,6H2. The van der Waals surface area contributed by atoms with Gasteiger partial charge in [0.05, 0.1) is 10.5 Å². The first kappa shape index (κ1) is 13.7. The van der Waals surface area contributed by atoms with Crippen molar-refractivity contribution in [3.05, 3.63) is 65.1 Å². The second-order valence-electron chi connectivity index (χ2n) is 4.67. The van der Waals surface area contributed by atoms with Crippen LogP contribution in [0.25, 0.3) is 22.0 Å². The minimum atomic E-state index is -0.330. The summed E-state index contributed by atoms with van der Waals surface area (Å²) in [5.41, 5.74) is 2.85. The summed E-state index contributed by atoms with van der Waals surface area (Å²) in [6, 6.07) is 11.7. The molecular weight excluding hydrogens is 289 g/mol. The number of benzene rings is 2. The third-order valence-corrected chi connectivity index (χ3v) is 3.65. The van der Waals surface area contributed by atoms with Crippen LogP contribution in [-0.2, 0) is 11.2 Å². The quantitative estimate of drug-likeness (QED) is 0.669. The van der Waals surface area contributed by atoms with Crippen molar-refractivity contribution in [1.82, 2.24) is 4.98 Å². The van der Waals surface area contributed by atoms with Gasteiger partial charge in [-0.15, -0.1) is 0 Å². The first-order valence-corrected chi connectivity index (χ1v) is 6.84. The summed E-state index contributed by atoms with van der Waals surface area (Å²) in [4.78, 5) is 15.3. The molecule has 0 saturated heterocycles. The van der Waals surface area contributed by atoms with Gasteiger partial charge >= 0.3 is 0 Å². The fourth-order valence-corrected chi connectivity index (χ4v) is 2.75. The molecule has 0 aliphatic rings. The smallest absolute Gasteiger partial charge is 0.124 e. The average Bonchev–Trinajstić information content (AvgIpc) is 2.48. The molecule has 2 aromatic carbocycles. The van der Waals surface area contributed by atoms with Crippen molar-refractivity contribution in [2.75, 3.05) is 0 Å². The highest BCUT2D eigenvalue weighted by molar-refractivity contribution is 6.36. The Labute approximate surface area is 126 Å². The topological polar surface area (TPSA) is 30.0 Å². The van der Waals surface area contributed by atoms with E-state index in [4.69, 9.17) is 11.6 Å². The number of rotatable bonds is 3. The molecule has 0 unspecified atom stereocenters. The van der Waals surface area contributed by atoms with E-state index >= 15 is 0 Å². The molecule has 0 N–H and O–H groups in total. The minimum Gasteiger partial charge on any atom is -0.303 e. The van der Waals surface area contributed by atoms with Gasteiger partial charge < -0.3 is 4.79 Å². The number of aldehydes is 1. The molecule has 4 heteroatoms. The van der Waals surface area contributed by atoms with Crippen LogP contribution in [0.1, 0.15) is 5.56 Å². The number of halogens is 2. The van der Waals surface area contributed by atoms with Gasteiger partial charge in [0, 0.05) is 23.6 Å². The Morgan fingerprint density at radius 3 is 2.81 bits per heavy atom. The van der Waals surface area contributed by atoms with Crippen molar-refractivity contribution in [3.8, 4) is 11.1 Å². The third kappa shape index (κ3) is 2.52. The molecule has 0 bridgehead atoms. The predicted molar refractivity (Wildman–Crippen MR) is 81.9 cm³/mol. The zero-order valence-corrected chi connectivity index (χ0v) is 11.8. The van der Waals surface area contributed by atoms with Gasteiger partial charge in [-0.05, 0) is 41.5 Å². The van der Waals surface area contributed by atoms with Crippen LogP contribution in [-0.4, -0.2) is 11.3 Å². The van der Waals surface area contributed by atoms with Crippen molar-refractivity contribution in [2.45, 2.75) is 6.42 Å². The summed E-state index contributed by atoms with van der Waals surface area (Å²) in [6.45, 7) is 0. The monoisotopic (exact) mass is 299 g/mol. The molecule has 3 aromatic rings. The van der Waals surface area contributed by atoms with Gasteiger partial charge in [-0.1, -0.05) is 23.7 Å². The Bertz CT molecular complexity index is 832. The first-order valence-electron chi connectivity index (χ1n) is 6.46. The van der Waals surface area contributed by atoms with E-state index in [1.807, 2.05) is 6.07 Å². The Hall–Kier alpha value is -2.26. The van der Waals surface area contributed by atoms with Crippen LogP contribution in [0.4, 0.5) is 4.39 Å². The molecule has 2 nitrogen and oxygen atoms in total. The summed E-state index contributed by atoms with van der Waals surface area (Å²) in [5.74, 6) is -0.330. The molecule has 0 atom stereocenters. The highest BCUT2D eigenvalue weighted by atomic mass is 35.5. The van der Waals surface area contributed by atoms with Crippen molar-refractivity contribution in [1.29, 1.82) is 0 Å². The first-order chi connectivity index (χ1) is 10.2. The van der Waals surface area contributed by atoms with E-state index in [2.05, 4.69) is 4.98 Å². The molecule has 0 aliphatic heterocycles. The molecular formula is C17H11ClFNO. The van der Waals surface area contributed by atoms with Gasteiger partial charge in [0.25, 0.3) is 0 Å². The van der Waals surface area contributed by atoms with Crippen LogP contribution >= 0.6 is 11.6 Å². The van der Waals surface area contributed by atoms with Crippen LogP contribution in [0.3, 0.4) is 0 Å². The fraction of sp³-hybridized carbons (Fsp3) is 0.0588. The Morgan fingerprint density at radius 2 is 2.05 bits per heavy atom. The second-order valence-corrected chi connectivity index (χ2v) is 5.08. The summed E-state index contributed by atoms with van der Waals surface area (Å²) < 4.78 is 13.5. The lowest BCUT2D eigenvalue weighted by molar-refractivity contribution is -0.107. The summed E-state index contributed by atoms with van der Waals surface area (Å²) >= 11 is 6.26. The molecule has 0 radical (unpaired) electrons. The van der Waals surface area contributed by atoms with Crippen LogP contribution in [0.5, 0.6) is 0 Å². The number of pyridine rings is 1. The summed E-state index contributed by atoms with van der Waals surface area (Å²) in [5, 5.41) is 1.32. The predicted octanol–water partition coefficient (Wildman–Crippen LogP) is 4.44. The van der Waals surface area contributed by atoms with E-state index in [1.165, 1.54) is 12.1 Å². The van der Waals surface area contributed by atoms with Crippen molar-refractivity contribution >= 4 is 28.8 Å². The normalized spacial score (nSPS) is 10.8. The molecule has 0 spiro atoms. The lowest BCUT2D eigenvalue weighted by atomic mass is 9.94. The largest absolute Gasteiger partial charge is 0.303 e. The van der Waals surface area contributed by atoms with Crippen molar-refractivity contribution < 1.29 is 9.18 Å². The number of nitrogens with zero attached hydrogens (tertiary/aromatic N) is 1. The maximum atomic E-state index is 13.5. The van der Waals surface area contributed by atoms with Crippen LogP contribution in [0.2, 0.25) is 5.02 Å². The van der Waals surface area contributed by atoms with Crippen LogP contribution < -0.4 is 0 Å². The van der Waals surface area contributed by atoms with E-state index in [0.29, 0.717) is 16.1 Å². The second kappa shape index (κ2) is 5.62. The lowest BCUT2D eigenvalue weighted by Crippen LogP contribution is -1.95. The van der Waals surface area contributed by atoms with E-state index in [1.54, 1.807) is 30.5 Å². The highest BCUT2D eigenvalue weighted by Crippen LogP contribution is 2.35. The van der Waals surface area contributed by atoms with E-state index in [-0.39, 0.29) is 12.2 Å². The number of fused-ring (bicyclic) bond motifs is 1. The van der Waals surface area contributed by atoms with Gasteiger partial charge in [0.2, 0.25) is 0 Å². The zero-order chi connectivity index (χ0) is 14.8. The van der Waals surface area contributed by atoms with Gasteiger partial charge in [0.1, 0.15) is 12.1 Å². The van der Waals surface area contributed by atoms with E-state index < -0.39 is 0 Å². The summed E-state index contributed by atoms with van der Waals surface area (Å²) in [7, 11) is 0. The molecule has 0 aliphatic carbocycles. The van der Waals surface area contributed by atoms with Crippen LogP contribution in [0.15, 0.2) is 48.7 Å². The lowest BCUT2D eigenvalue weighted by Gasteiger charge is -2.12. The molecule has 0 fully saturated rings. The minimum absolute atomic E-state index is 0.206. The molecule has 1 aromatic heterocycles. The third-order valence-electron chi connectivity index (χ3n) is 3.34. The van der Waals surface area contributed by atoms with E-state index in [9.17, 15) is 9.18 Å². The van der Waals surface area contributed by atoms with Gasteiger partial charge in [0.15, 0.2) is 0 Å². The average molecular weight is 300 g/mol. The van der Waals surface area contributed by atoms with E-state index in [0.717, 1.165) is 22.8 Å². The summed E-state index contributed by atoms with van der Waals surface area (Å²) in [6.07, 6.45) is 2.67. The van der Waals surface area contributed by atoms with Crippen molar-refractivity contribution in [3.63, 3.8) is 0 Å². The molecule has 3 rings (SSSR count). The maximum absolute atomic E-state index is 13.5. The van der Waals surface area contributed by atoms with Crippen molar-refractivity contribution in [2.24, 2.45) is 0 Å². The Balaban J connectivity index is 2.40. The molecule has 0 amide bonds. The molecule has 0 saturated carbocycles. The Kier molecular flexibility index (Phi) is 3.67. The maximum Gasteiger partial charge on any atom is 0.124 e. The number of carbonyl (C=O) groups is 1. The molecule has 1 heterocycles. The number of aromatic nitrogens is 1. The fourth-order valence-electron chi connectivity index (χ4n) is 2.47. The number of hydrogen-bond donors (Lipinski definition) is 0. The Morgan fingerprint density at radius 1 is 1.19 bits per heavy atom.